The van der Waals surface area contributed by atoms with Crippen LogP contribution in [-0.2, 0) is 27.9 Å². The highest BCUT2D eigenvalue weighted by Gasteiger charge is 2.39. The molecule has 0 saturated carbocycles. The van der Waals surface area contributed by atoms with Crippen molar-refractivity contribution in [2.45, 2.75) is 19.3 Å². The molecule has 0 spiro atoms. The fraction of sp³-hybridized carbons (Fsp3) is 0.200. The summed E-state index contributed by atoms with van der Waals surface area (Å²) in [6.45, 7) is 0.251. The Morgan fingerprint density at radius 1 is 1.14 bits per heavy atom. The van der Waals surface area contributed by atoms with Crippen molar-refractivity contribution in [1.82, 2.24) is 9.55 Å². The number of para-hydroxylation sites is 2. The topological polar surface area (TPSA) is 90.7 Å². The monoisotopic (exact) mass is 413 g/mol. The van der Waals surface area contributed by atoms with E-state index in [1.807, 2.05) is 6.07 Å². The molecular weight excluding hydrogens is 394 g/mol. The van der Waals surface area contributed by atoms with Crippen molar-refractivity contribution < 1.29 is 22.7 Å². The highest BCUT2D eigenvalue weighted by atomic mass is 32.2. The Morgan fingerprint density at radius 3 is 2.66 bits per heavy atom. The maximum absolute atomic E-state index is 13.0. The Hall–Kier alpha value is -3.33. The molecule has 0 N–H and O–H groups in total. The summed E-state index contributed by atoms with van der Waals surface area (Å²) in [6, 6.07) is 15.6. The normalized spacial score (nSPS) is 16.0. The number of ether oxygens (including phenoxy) is 2. The van der Waals surface area contributed by atoms with Crippen LogP contribution in [0, 0.1) is 0 Å². The molecule has 150 valence electrons. The molecule has 8 nitrogen and oxygen atoms in total. The van der Waals surface area contributed by atoms with Crippen molar-refractivity contribution in [3.63, 3.8) is 0 Å². The maximum Gasteiger partial charge on any atom is 0.445 e. The molecular formula is C20H19N3O5S. The van der Waals surface area contributed by atoms with E-state index < -0.39 is 21.4 Å². The quantitative estimate of drug-likeness (QED) is 0.598. The SMILES string of the molecule is O=C(OCc1ccccc1)S(=O)(=O)N1C[C@H](Cn2ccnc2)Oc2ccccc21. The number of sulfonamides is 1. The second-order valence-corrected chi connectivity index (χ2v) is 8.25. The number of hydrogen-bond donors (Lipinski definition) is 0. The fourth-order valence-electron chi connectivity index (χ4n) is 3.10. The van der Waals surface area contributed by atoms with Crippen molar-refractivity contribution in [1.29, 1.82) is 0 Å². The van der Waals surface area contributed by atoms with Gasteiger partial charge in [0.2, 0.25) is 0 Å². The summed E-state index contributed by atoms with van der Waals surface area (Å²) in [6.07, 6.45) is 4.52. The number of fused-ring (bicyclic) bond motifs is 1. The standard InChI is InChI=1S/C20H19N3O5S/c24-20(27-14-16-6-2-1-3-7-16)29(25,26)23-13-17(12-22-11-10-21-15-22)28-19-9-5-4-8-18(19)23/h1-11,15,17H,12-14H2/t17-/m0/s1. The van der Waals surface area contributed by atoms with Crippen LogP contribution in [0.2, 0.25) is 0 Å². The molecule has 0 unspecified atom stereocenters. The Balaban J connectivity index is 1.56. The van der Waals surface area contributed by atoms with Gasteiger partial charge in [-0.2, -0.15) is 8.42 Å². The first-order valence-electron chi connectivity index (χ1n) is 8.99. The molecule has 4 rings (SSSR count). The van der Waals surface area contributed by atoms with Crippen LogP contribution in [0.25, 0.3) is 0 Å². The summed E-state index contributed by atoms with van der Waals surface area (Å²) in [5.41, 5.74) is 1.02. The van der Waals surface area contributed by atoms with Crippen LogP contribution >= 0.6 is 0 Å². The lowest BCUT2D eigenvalue weighted by atomic mass is 10.2. The van der Waals surface area contributed by atoms with Crippen LogP contribution < -0.4 is 9.04 Å². The van der Waals surface area contributed by atoms with Gasteiger partial charge >= 0.3 is 15.3 Å². The van der Waals surface area contributed by atoms with E-state index in [0.717, 1.165) is 4.31 Å². The van der Waals surface area contributed by atoms with Gasteiger partial charge in [0, 0.05) is 12.4 Å². The molecule has 1 aromatic heterocycles. The molecule has 1 aliphatic rings. The minimum absolute atomic E-state index is 0.0159. The predicted octanol–water partition coefficient (Wildman–Crippen LogP) is 2.82. The van der Waals surface area contributed by atoms with Gasteiger partial charge in [0.25, 0.3) is 0 Å². The Bertz CT molecular complexity index is 1080. The van der Waals surface area contributed by atoms with Gasteiger partial charge in [0.15, 0.2) is 0 Å². The summed E-state index contributed by atoms with van der Waals surface area (Å²) >= 11 is 0. The van der Waals surface area contributed by atoms with E-state index in [1.54, 1.807) is 71.8 Å². The summed E-state index contributed by atoms with van der Waals surface area (Å²) in [4.78, 5) is 16.4. The van der Waals surface area contributed by atoms with Crippen LogP contribution in [0.15, 0.2) is 73.3 Å². The first kappa shape index (κ1) is 19.0. The third-order valence-electron chi connectivity index (χ3n) is 4.47. The molecule has 9 heteroatoms. The Labute approximate surface area is 168 Å². The third-order valence-corrected chi connectivity index (χ3v) is 5.94. The van der Waals surface area contributed by atoms with E-state index >= 15 is 0 Å². The number of hydrogen-bond acceptors (Lipinski definition) is 6. The average molecular weight is 413 g/mol. The second kappa shape index (κ2) is 7.96. The summed E-state index contributed by atoms with van der Waals surface area (Å²) < 4.78 is 39.8. The van der Waals surface area contributed by atoms with Gasteiger partial charge in [-0.15, -0.1) is 0 Å². The first-order valence-corrected chi connectivity index (χ1v) is 10.4. The van der Waals surface area contributed by atoms with E-state index in [1.165, 1.54) is 0 Å². The number of aromatic nitrogens is 2. The molecule has 29 heavy (non-hydrogen) atoms. The second-order valence-electron chi connectivity index (χ2n) is 6.53. The molecule has 0 radical (unpaired) electrons. The zero-order valence-corrected chi connectivity index (χ0v) is 16.2. The summed E-state index contributed by atoms with van der Waals surface area (Å²) in [5.74, 6) is 0.392. The molecule has 2 aromatic carbocycles. The number of benzene rings is 2. The van der Waals surface area contributed by atoms with Crippen molar-refractivity contribution in [3.8, 4) is 5.75 Å². The van der Waals surface area contributed by atoms with Gasteiger partial charge in [-0.05, 0) is 17.7 Å². The summed E-state index contributed by atoms with van der Waals surface area (Å²) in [5, 5.41) is -1.29. The highest BCUT2D eigenvalue weighted by molar-refractivity contribution is 8.06. The van der Waals surface area contributed by atoms with Gasteiger partial charge in [-0.1, -0.05) is 42.5 Å². The van der Waals surface area contributed by atoms with Gasteiger partial charge in [-0.25, -0.2) is 9.78 Å². The lowest BCUT2D eigenvalue weighted by Crippen LogP contribution is -2.47. The van der Waals surface area contributed by atoms with E-state index in [0.29, 0.717) is 23.5 Å². The van der Waals surface area contributed by atoms with Crippen molar-refractivity contribution in [2.75, 3.05) is 10.8 Å². The highest BCUT2D eigenvalue weighted by Crippen LogP contribution is 2.35. The van der Waals surface area contributed by atoms with E-state index in [4.69, 9.17) is 9.47 Å². The predicted molar refractivity (Wildman–Crippen MR) is 106 cm³/mol. The maximum atomic E-state index is 13.0. The van der Waals surface area contributed by atoms with Crippen LogP contribution in [0.4, 0.5) is 10.5 Å². The van der Waals surface area contributed by atoms with Crippen molar-refractivity contribution >= 4 is 21.0 Å². The molecule has 0 amide bonds. The van der Waals surface area contributed by atoms with Gasteiger partial charge < -0.3 is 14.0 Å². The van der Waals surface area contributed by atoms with E-state index in [-0.39, 0.29) is 13.2 Å². The molecule has 0 saturated heterocycles. The minimum Gasteiger partial charge on any atom is -0.484 e. The lowest BCUT2D eigenvalue weighted by molar-refractivity contribution is 0.164. The molecule has 1 atom stereocenters. The number of carbonyl (C=O) groups is 1. The summed E-state index contributed by atoms with van der Waals surface area (Å²) in [7, 11) is -4.39. The van der Waals surface area contributed by atoms with Crippen molar-refractivity contribution in [3.05, 3.63) is 78.9 Å². The lowest BCUT2D eigenvalue weighted by Gasteiger charge is -2.34. The molecule has 1 aliphatic heterocycles. The Morgan fingerprint density at radius 2 is 1.90 bits per heavy atom. The Kier molecular flexibility index (Phi) is 5.22. The molecule has 0 fully saturated rings. The zero-order valence-electron chi connectivity index (χ0n) is 15.4. The number of nitrogens with zero attached hydrogens (tertiary/aromatic N) is 3. The number of carbonyl (C=O) groups excluding carboxylic acids is 1. The van der Waals surface area contributed by atoms with Gasteiger partial charge in [0.1, 0.15) is 18.5 Å². The van der Waals surface area contributed by atoms with Crippen LogP contribution in [-0.4, -0.2) is 35.9 Å². The largest absolute Gasteiger partial charge is 0.484 e. The minimum atomic E-state index is -4.39. The molecule has 3 aromatic rings. The van der Waals surface area contributed by atoms with Gasteiger partial charge in [-0.3, -0.25) is 4.31 Å². The smallest absolute Gasteiger partial charge is 0.445 e. The average Bonchev–Trinajstić information content (AvgIpc) is 3.25. The zero-order chi connectivity index (χ0) is 20.3. The first-order chi connectivity index (χ1) is 14.0. The van der Waals surface area contributed by atoms with E-state index in [9.17, 15) is 13.2 Å². The van der Waals surface area contributed by atoms with Crippen molar-refractivity contribution in [2.24, 2.45) is 0 Å². The van der Waals surface area contributed by atoms with E-state index in [2.05, 4.69) is 4.98 Å². The van der Waals surface area contributed by atoms with Crippen LogP contribution in [0.1, 0.15) is 5.56 Å². The number of anilines is 1. The third kappa shape index (κ3) is 4.09. The van der Waals surface area contributed by atoms with Crippen LogP contribution in [0.5, 0.6) is 5.75 Å². The molecule has 2 heterocycles. The van der Waals surface area contributed by atoms with Crippen LogP contribution in [0.3, 0.4) is 0 Å². The fourth-order valence-corrected chi connectivity index (χ4v) is 4.26. The number of rotatable bonds is 5. The van der Waals surface area contributed by atoms with Gasteiger partial charge in [0.05, 0.1) is 25.1 Å². The number of imidazole rings is 1. The molecule has 0 aliphatic carbocycles. The molecule has 0 bridgehead atoms.